The molecule has 2 unspecified atom stereocenters. The van der Waals surface area contributed by atoms with Crippen LogP contribution >= 0.6 is 0 Å². The van der Waals surface area contributed by atoms with E-state index in [0.29, 0.717) is 12.6 Å². The zero-order chi connectivity index (χ0) is 14.3. The highest BCUT2D eigenvalue weighted by Crippen LogP contribution is 2.47. The van der Waals surface area contributed by atoms with Crippen LogP contribution in [-0.4, -0.2) is 54.5 Å². The largest absolute Gasteiger partial charge is 0.377 e. The molecular weight excluding hydrogens is 240 g/mol. The molecule has 2 aliphatic rings. The summed E-state index contributed by atoms with van der Waals surface area (Å²) in [5.74, 6) is 0. The van der Waals surface area contributed by atoms with Crippen molar-refractivity contribution in [1.29, 1.82) is 0 Å². The lowest BCUT2D eigenvalue weighted by molar-refractivity contribution is -0.104. The molecule has 19 heavy (non-hydrogen) atoms. The first-order valence-electron chi connectivity index (χ1n) is 7.46. The Labute approximate surface area is 117 Å². The van der Waals surface area contributed by atoms with Crippen LogP contribution in [0.3, 0.4) is 0 Å². The maximum absolute atomic E-state index is 6.27. The normalized spacial score (nSPS) is 37.1. The van der Waals surface area contributed by atoms with Crippen LogP contribution in [-0.2, 0) is 9.47 Å². The Morgan fingerprint density at radius 3 is 2.37 bits per heavy atom. The van der Waals surface area contributed by atoms with Crippen LogP contribution in [0.15, 0.2) is 0 Å². The van der Waals surface area contributed by atoms with Crippen molar-refractivity contribution in [3.63, 3.8) is 0 Å². The van der Waals surface area contributed by atoms with Crippen LogP contribution in [0.2, 0.25) is 0 Å². The van der Waals surface area contributed by atoms with Gasteiger partial charge in [-0.15, -0.1) is 0 Å². The van der Waals surface area contributed by atoms with E-state index in [0.717, 1.165) is 26.0 Å². The molecule has 0 saturated carbocycles. The number of nitrogens with two attached hydrogens (primary N) is 1. The molecule has 0 aliphatic carbocycles. The van der Waals surface area contributed by atoms with Crippen molar-refractivity contribution in [2.75, 3.05) is 26.7 Å². The van der Waals surface area contributed by atoms with Gasteiger partial charge in [0.05, 0.1) is 22.8 Å². The van der Waals surface area contributed by atoms with Gasteiger partial charge < -0.3 is 15.2 Å². The monoisotopic (exact) mass is 270 g/mol. The van der Waals surface area contributed by atoms with Gasteiger partial charge in [0, 0.05) is 19.7 Å². The predicted octanol–water partition coefficient (Wildman–Crippen LogP) is 1.77. The van der Waals surface area contributed by atoms with E-state index in [4.69, 9.17) is 15.2 Å². The van der Waals surface area contributed by atoms with E-state index in [1.54, 1.807) is 0 Å². The minimum Gasteiger partial charge on any atom is -0.377 e. The second-order valence-electron chi connectivity index (χ2n) is 7.30. The molecule has 2 saturated heterocycles. The number of nitrogens with zero attached hydrogens (tertiary/aromatic N) is 1. The summed E-state index contributed by atoms with van der Waals surface area (Å²) in [6, 6.07) is 0. The zero-order valence-electron chi connectivity index (χ0n) is 13.2. The molecule has 2 rings (SSSR count). The minimum atomic E-state index is -0.237. The van der Waals surface area contributed by atoms with Crippen LogP contribution in [0.1, 0.15) is 47.0 Å². The number of hydrogen-bond donors (Lipinski definition) is 1. The molecule has 0 radical (unpaired) electrons. The second kappa shape index (κ2) is 4.99. The molecule has 4 heteroatoms. The fourth-order valence-corrected chi connectivity index (χ4v) is 4.08. The molecule has 2 heterocycles. The average Bonchev–Trinajstić information content (AvgIpc) is 2.82. The lowest BCUT2D eigenvalue weighted by atomic mass is 9.77. The van der Waals surface area contributed by atoms with E-state index < -0.39 is 0 Å². The van der Waals surface area contributed by atoms with Crippen LogP contribution in [0, 0.1) is 0 Å². The van der Waals surface area contributed by atoms with Crippen LogP contribution in [0.25, 0.3) is 0 Å². The molecule has 0 aromatic heterocycles. The summed E-state index contributed by atoms with van der Waals surface area (Å²) in [6.07, 6.45) is 3.66. The molecule has 4 nitrogen and oxygen atoms in total. The summed E-state index contributed by atoms with van der Waals surface area (Å²) in [5.41, 5.74) is 5.71. The fourth-order valence-electron chi connectivity index (χ4n) is 4.08. The molecule has 0 spiro atoms. The molecule has 2 atom stereocenters. The molecule has 2 N–H and O–H groups in total. The Bertz CT molecular complexity index is 324. The van der Waals surface area contributed by atoms with Crippen molar-refractivity contribution in [3.8, 4) is 0 Å². The van der Waals surface area contributed by atoms with E-state index in [2.05, 4.69) is 39.6 Å². The SMILES string of the molecule is CN(CC1CCCO1)C1(CN)CC(C)(C)OC1(C)C. The first kappa shape index (κ1) is 15.2. The molecular formula is C15H30N2O2. The van der Waals surface area contributed by atoms with Gasteiger partial charge in [-0.1, -0.05) is 0 Å². The zero-order valence-corrected chi connectivity index (χ0v) is 13.2. The van der Waals surface area contributed by atoms with Gasteiger partial charge in [-0.05, 0) is 54.0 Å². The number of ether oxygens (including phenoxy) is 2. The van der Waals surface area contributed by atoms with E-state index >= 15 is 0 Å². The number of rotatable bonds is 4. The molecule has 0 aromatic carbocycles. The Balaban J connectivity index is 2.16. The molecule has 2 fully saturated rings. The summed E-state index contributed by atoms with van der Waals surface area (Å²) >= 11 is 0. The predicted molar refractivity (Wildman–Crippen MR) is 77.2 cm³/mol. The third-order valence-electron chi connectivity index (χ3n) is 4.94. The highest BCUT2D eigenvalue weighted by Gasteiger charge is 2.58. The van der Waals surface area contributed by atoms with Crippen molar-refractivity contribution in [2.24, 2.45) is 5.73 Å². The van der Waals surface area contributed by atoms with Gasteiger partial charge in [-0.3, -0.25) is 4.90 Å². The van der Waals surface area contributed by atoms with Crippen LogP contribution < -0.4 is 5.73 Å². The second-order valence-corrected chi connectivity index (χ2v) is 7.30. The van der Waals surface area contributed by atoms with Gasteiger partial charge >= 0.3 is 0 Å². The van der Waals surface area contributed by atoms with Gasteiger partial charge in [0.2, 0.25) is 0 Å². The molecule has 0 bridgehead atoms. The Morgan fingerprint density at radius 2 is 1.95 bits per heavy atom. The summed E-state index contributed by atoms with van der Waals surface area (Å²) in [7, 11) is 2.17. The average molecular weight is 270 g/mol. The van der Waals surface area contributed by atoms with Crippen molar-refractivity contribution in [3.05, 3.63) is 0 Å². The van der Waals surface area contributed by atoms with Crippen molar-refractivity contribution in [1.82, 2.24) is 4.90 Å². The lowest BCUT2D eigenvalue weighted by Crippen LogP contribution is -2.63. The Hall–Kier alpha value is -0.160. The van der Waals surface area contributed by atoms with Crippen molar-refractivity contribution in [2.45, 2.75) is 69.8 Å². The number of likely N-dealkylation sites (N-methyl/N-ethyl adjacent to an activating group) is 1. The smallest absolute Gasteiger partial charge is 0.0829 e. The van der Waals surface area contributed by atoms with Gasteiger partial charge in [0.15, 0.2) is 0 Å². The van der Waals surface area contributed by atoms with Gasteiger partial charge in [-0.2, -0.15) is 0 Å². The number of hydrogen-bond acceptors (Lipinski definition) is 4. The third-order valence-corrected chi connectivity index (χ3v) is 4.94. The van der Waals surface area contributed by atoms with E-state index in [-0.39, 0.29) is 16.7 Å². The van der Waals surface area contributed by atoms with E-state index in [1.165, 1.54) is 6.42 Å². The minimum absolute atomic E-state index is 0.109. The molecule has 0 aromatic rings. The standard InChI is InChI=1S/C15H30N2O2/c1-13(2)10-15(11-16,14(3,4)19-13)17(5)9-12-7-6-8-18-12/h12H,6-11,16H2,1-5H3. The van der Waals surface area contributed by atoms with Crippen molar-refractivity contribution < 1.29 is 9.47 Å². The van der Waals surface area contributed by atoms with Crippen molar-refractivity contribution >= 4 is 0 Å². The fraction of sp³-hybridized carbons (Fsp3) is 1.00. The highest BCUT2D eigenvalue weighted by atomic mass is 16.5. The van der Waals surface area contributed by atoms with E-state index in [1.807, 2.05) is 0 Å². The molecule has 0 amide bonds. The Kier molecular flexibility index (Phi) is 4.00. The first-order valence-corrected chi connectivity index (χ1v) is 7.46. The maximum atomic E-state index is 6.27. The van der Waals surface area contributed by atoms with Gasteiger partial charge in [0.25, 0.3) is 0 Å². The summed E-state index contributed by atoms with van der Waals surface area (Å²) < 4.78 is 12.0. The lowest BCUT2D eigenvalue weighted by Gasteiger charge is -2.46. The molecule has 2 aliphatic heterocycles. The Morgan fingerprint density at radius 1 is 1.26 bits per heavy atom. The van der Waals surface area contributed by atoms with Gasteiger partial charge in [0.1, 0.15) is 0 Å². The van der Waals surface area contributed by atoms with E-state index in [9.17, 15) is 0 Å². The summed E-state index contributed by atoms with van der Waals surface area (Å²) in [4.78, 5) is 2.39. The third kappa shape index (κ3) is 2.68. The highest BCUT2D eigenvalue weighted by molar-refractivity contribution is 5.12. The summed E-state index contributed by atoms with van der Waals surface area (Å²) in [5, 5.41) is 0. The van der Waals surface area contributed by atoms with Crippen LogP contribution in [0.4, 0.5) is 0 Å². The summed E-state index contributed by atoms with van der Waals surface area (Å²) in [6.45, 7) is 11.1. The topological polar surface area (TPSA) is 47.7 Å². The maximum Gasteiger partial charge on any atom is 0.0829 e. The quantitative estimate of drug-likeness (QED) is 0.846. The first-order chi connectivity index (χ1) is 8.72. The molecule has 112 valence electrons. The van der Waals surface area contributed by atoms with Gasteiger partial charge in [-0.25, -0.2) is 0 Å². The van der Waals surface area contributed by atoms with Crippen LogP contribution in [0.5, 0.6) is 0 Å².